The van der Waals surface area contributed by atoms with Crippen LogP contribution in [0.3, 0.4) is 0 Å². The predicted octanol–water partition coefficient (Wildman–Crippen LogP) is 2.69. The molecule has 1 aromatic carbocycles. The van der Waals surface area contributed by atoms with Crippen molar-refractivity contribution in [2.45, 2.75) is 23.9 Å². The lowest BCUT2D eigenvalue weighted by Gasteiger charge is -2.12. The number of amides is 1. The van der Waals surface area contributed by atoms with Crippen molar-refractivity contribution in [2.75, 3.05) is 18.9 Å². The fourth-order valence-electron chi connectivity index (χ4n) is 1.82. The highest BCUT2D eigenvalue weighted by molar-refractivity contribution is 8.00. The molecule has 1 aliphatic carbocycles. The Balaban J connectivity index is 1.81. The van der Waals surface area contributed by atoms with Gasteiger partial charge in [0.05, 0.1) is 17.9 Å². The van der Waals surface area contributed by atoms with Crippen molar-refractivity contribution >= 4 is 17.7 Å². The zero-order chi connectivity index (χ0) is 15.5. The zero-order valence-electron chi connectivity index (χ0n) is 11.2. The summed E-state index contributed by atoms with van der Waals surface area (Å²) in [6, 6.07) is 4.91. The SMILES string of the molecule is O=C(CSc1cccc(C(F)(F)F)c1)NCC1(CO)CC1. The molecule has 1 saturated carbocycles. The van der Waals surface area contributed by atoms with Gasteiger partial charge in [0.1, 0.15) is 0 Å². The lowest BCUT2D eigenvalue weighted by molar-refractivity contribution is -0.137. The molecule has 116 valence electrons. The molecule has 0 heterocycles. The van der Waals surface area contributed by atoms with Crippen LogP contribution in [-0.4, -0.2) is 29.9 Å². The number of carbonyl (C=O) groups excluding carboxylic acids is 1. The second-order valence-corrected chi connectivity index (χ2v) is 6.30. The molecule has 2 rings (SSSR count). The van der Waals surface area contributed by atoms with Crippen LogP contribution in [0.25, 0.3) is 0 Å². The number of thioether (sulfide) groups is 1. The fourth-order valence-corrected chi connectivity index (χ4v) is 2.60. The third-order valence-corrected chi connectivity index (χ3v) is 4.48. The lowest BCUT2D eigenvalue weighted by atomic mass is 10.1. The van der Waals surface area contributed by atoms with E-state index in [9.17, 15) is 18.0 Å². The summed E-state index contributed by atoms with van der Waals surface area (Å²) in [5.74, 6) is -0.180. The summed E-state index contributed by atoms with van der Waals surface area (Å²) < 4.78 is 37.7. The van der Waals surface area contributed by atoms with Crippen molar-refractivity contribution < 1.29 is 23.1 Å². The maximum absolute atomic E-state index is 12.6. The minimum Gasteiger partial charge on any atom is -0.396 e. The van der Waals surface area contributed by atoms with Crippen molar-refractivity contribution in [3.05, 3.63) is 29.8 Å². The van der Waals surface area contributed by atoms with Gasteiger partial charge in [0.15, 0.2) is 0 Å². The molecule has 7 heteroatoms. The van der Waals surface area contributed by atoms with Crippen molar-refractivity contribution in [3.8, 4) is 0 Å². The number of nitrogens with one attached hydrogen (secondary N) is 1. The van der Waals surface area contributed by atoms with Gasteiger partial charge in [-0.3, -0.25) is 4.79 Å². The van der Waals surface area contributed by atoms with Gasteiger partial charge in [-0.2, -0.15) is 13.2 Å². The van der Waals surface area contributed by atoms with Gasteiger partial charge in [0, 0.05) is 16.9 Å². The predicted molar refractivity (Wildman–Crippen MR) is 73.9 cm³/mol. The normalized spacial score (nSPS) is 16.6. The Morgan fingerprint density at radius 2 is 2.10 bits per heavy atom. The molecule has 1 fully saturated rings. The molecule has 3 nitrogen and oxygen atoms in total. The van der Waals surface area contributed by atoms with Crippen molar-refractivity contribution in [1.82, 2.24) is 5.32 Å². The number of hydrogen-bond acceptors (Lipinski definition) is 3. The smallest absolute Gasteiger partial charge is 0.396 e. The van der Waals surface area contributed by atoms with E-state index in [-0.39, 0.29) is 23.7 Å². The van der Waals surface area contributed by atoms with Gasteiger partial charge in [-0.05, 0) is 31.0 Å². The molecule has 0 aliphatic heterocycles. The molecule has 0 spiro atoms. The highest BCUT2D eigenvalue weighted by atomic mass is 32.2. The topological polar surface area (TPSA) is 49.3 Å². The summed E-state index contributed by atoms with van der Waals surface area (Å²) in [7, 11) is 0. The van der Waals surface area contributed by atoms with E-state index < -0.39 is 11.7 Å². The van der Waals surface area contributed by atoms with E-state index in [0.29, 0.717) is 11.4 Å². The van der Waals surface area contributed by atoms with Crippen LogP contribution < -0.4 is 5.32 Å². The van der Waals surface area contributed by atoms with E-state index in [1.165, 1.54) is 6.07 Å². The molecule has 0 atom stereocenters. The van der Waals surface area contributed by atoms with Crippen molar-refractivity contribution in [1.29, 1.82) is 0 Å². The highest BCUT2D eigenvalue weighted by Gasteiger charge is 2.42. The summed E-state index contributed by atoms with van der Waals surface area (Å²) in [4.78, 5) is 12.1. The maximum Gasteiger partial charge on any atom is 0.416 e. The summed E-state index contributed by atoms with van der Waals surface area (Å²) in [6.07, 6.45) is -2.59. The molecule has 0 unspecified atom stereocenters. The third-order valence-electron chi connectivity index (χ3n) is 3.48. The van der Waals surface area contributed by atoms with Crippen LogP contribution in [0.1, 0.15) is 18.4 Å². The van der Waals surface area contributed by atoms with Crippen molar-refractivity contribution in [3.63, 3.8) is 0 Å². The van der Waals surface area contributed by atoms with E-state index in [1.807, 2.05) is 0 Å². The molecular formula is C14H16F3NO2S. The second kappa shape index (κ2) is 6.27. The second-order valence-electron chi connectivity index (χ2n) is 5.25. The number of benzene rings is 1. The Bertz CT molecular complexity index is 515. The first-order valence-corrected chi connectivity index (χ1v) is 7.51. The molecule has 1 aliphatic rings. The molecule has 0 aromatic heterocycles. The Kier molecular flexibility index (Phi) is 4.83. The summed E-state index contributed by atoms with van der Waals surface area (Å²) in [5, 5.41) is 11.8. The van der Waals surface area contributed by atoms with Gasteiger partial charge in [-0.25, -0.2) is 0 Å². The van der Waals surface area contributed by atoms with Crippen LogP contribution in [0, 0.1) is 5.41 Å². The minimum atomic E-state index is -4.38. The first-order chi connectivity index (χ1) is 9.85. The van der Waals surface area contributed by atoms with Crippen LogP contribution in [0.2, 0.25) is 0 Å². The number of aliphatic hydroxyl groups excluding tert-OH is 1. The number of aliphatic hydroxyl groups is 1. The first kappa shape index (κ1) is 16.2. The van der Waals surface area contributed by atoms with E-state index in [1.54, 1.807) is 6.07 Å². The largest absolute Gasteiger partial charge is 0.416 e. The van der Waals surface area contributed by atoms with Crippen LogP contribution in [0.4, 0.5) is 13.2 Å². The molecule has 1 aromatic rings. The van der Waals surface area contributed by atoms with Gasteiger partial charge < -0.3 is 10.4 Å². The average molecular weight is 319 g/mol. The van der Waals surface area contributed by atoms with E-state index in [2.05, 4.69) is 5.32 Å². The maximum atomic E-state index is 12.6. The Morgan fingerprint density at radius 3 is 2.67 bits per heavy atom. The average Bonchev–Trinajstić information content (AvgIpc) is 3.23. The van der Waals surface area contributed by atoms with Crippen LogP contribution >= 0.6 is 11.8 Å². The Morgan fingerprint density at radius 1 is 1.38 bits per heavy atom. The lowest BCUT2D eigenvalue weighted by Crippen LogP contribution is -2.32. The summed E-state index contributed by atoms with van der Waals surface area (Å²) in [6.45, 7) is 0.472. The minimum absolute atomic E-state index is 0.0497. The number of alkyl halides is 3. The quantitative estimate of drug-likeness (QED) is 0.793. The van der Waals surface area contributed by atoms with Crippen LogP contribution in [0.15, 0.2) is 29.2 Å². The molecule has 1 amide bonds. The van der Waals surface area contributed by atoms with Gasteiger partial charge in [0.25, 0.3) is 0 Å². The van der Waals surface area contributed by atoms with E-state index in [4.69, 9.17) is 5.11 Å². The standard InChI is InChI=1S/C14H16F3NO2S/c15-14(16,17)10-2-1-3-11(6-10)21-7-12(20)18-8-13(9-19)4-5-13/h1-3,6,19H,4-5,7-9H2,(H,18,20). The highest BCUT2D eigenvalue weighted by Crippen LogP contribution is 2.44. The molecule has 0 saturated heterocycles. The molecule has 0 bridgehead atoms. The third kappa shape index (κ3) is 4.64. The monoisotopic (exact) mass is 319 g/mol. The summed E-state index contributed by atoms with van der Waals surface area (Å²) in [5.41, 5.74) is -0.888. The molecule has 2 N–H and O–H groups in total. The van der Waals surface area contributed by atoms with Crippen LogP contribution in [0.5, 0.6) is 0 Å². The van der Waals surface area contributed by atoms with E-state index in [0.717, 1.165) is 36.7 Å². The summed E-state index contributed by atoms with van der Waals surface area (Å²) >= 11 is 1.06. The Hall–Kier alpha value is -1.21. The van der Waals surface area contributed by atoms with Crippen molar-refractivity contribution in [2.24, 2.45) is 5.41 Å². The number of hydrogen-bond donors (Lipinski definition) is 2. The Labute approximate surface area is 124 Å². The van der Waals surface area contributed by atoms with Gasteiger partial charge in [-0.1, -0.05) is 6.07 Å². The number of carbonyl (C=O) groups is 1. The zero-order valence-corrected chi connectivity index (χ0v) is 12.1. The molecule has 0 radical (unpaired) electrons. The van der Waals surface area contributed by atoms with Gasteiger partial charge in [-0.15, -0.1) is 11.8 Å². The molecular weight excluding hydrogens is 303 g/mol. The first-order valence-electron chi connectivity index (χ1n) is 6.52. The number of halogens is 3. The van der Waals surface area contributed by atoms with Crippen LogP contribution in [-0.2, 0) is 11.0 Å². The van der Waals surface area contributed by atoms with Gasteiger partial charge >= 0.3 is 6.18 Å². The van der Waals surface area contributed by atoms with E-state index >= 15 is 0 Å². The van der Waals surface area contributed by atoms with Gasteiger partial charge in [0.2, 0.25) is 5.91 Å². The fraction of sp³-hybridized carbons (Fsp3) is 0.500. The molecule has 21 heavy (non-hydrogen) atoms. The number of rotatable bonds is 6.